The van der Waals surface area contributed by atoms with E-state index < -0.39 is 5.91 Å². The molecule has 0 bridgehead atoms. The topological polar surface area (TPSA) is 73.1 Å². The van der Waals surface area contributed by atoms with Crippen molar-refractivity contribution in [3.8, 4) is 11.8 Å². The third-order valence-electron chi connectivity index (χ3n) is 3.30. The summed E-state index contributed by atoms with van der Waals surface area (Å²) >= 11 is 6.05. The molecule has 4 nitrogen and oxygen atoms in total. The maximum absolute atomic E-state index is 12.4. The number of benzene rings is 2. The summed E-state index contributed by atoms with van der Waals surface area (Å²) in [5.41, 5.74) is 1.98. The maximum Gasteiger partial charge on any atom is 0.259 e. The van der Waals surface area contributed by atoms with Gasteiger partial charge in [-0.3, -0.25) is 4.79 Å². The van der Waals surface area contributed by atoms with Crippen LogP contribution in [0.15, 0.2) is 36.4 Å². The van der Waals surface area contributed by atoms with Crippen LogP contribution in [0, 0.1) is 17.2 Å². The molecule has 0 heterocycles. The second-order valence-electron chi connectivity index (χ2n) is 5.71. The number of nitriles is 1. The molecule has 0 atom stereocenters. The fourth-order valence-corrected chi connectivity index (χ4v) is 2.47. The Kier molecular flexibility index (Phi) is 5.25. The van der Waals surface area contributed by atoms with E-state index in [0.29, 0.717) is 17.2 Å². The van der Waals surface area contributed by atoms with E-state index in [1.807, 2.05) is 6.07 Å². The minimum atomic E-state index is -0.445. The van der Waals surface area contributed by atoms with E-state index in [4.69, 9.17) is 16.9 Å². The van der Waals surface area contributed by atoms with Crippen LogP contribution in [-0.4, -0.2) is 11.0 Å². The Balaban J connectivity index is 2.25. The largest absolute Gasteiger partial charge is 0.507 e. The first-order valence-electron chi connectivity index (χ1n) is 7.23. The molecule has 1 amide bonds. The van der Waals surface area contributed by atoms with Gasteiger partial charge in [-0.1, -0.05) is 31.5 Å². The molecule has 2 N–H and O–H groups in total. The maximum atomic E-state index is 12.4. The zero-order valence-electron chi connectivity index (χ0n) is 12.9. The number of hydrogen-bond donors (Lipinski definition) is 2. The molecule has 2 rings (SSSR count). The Labute approximate surface area is 140 Å². The Morgan fingerprint density at radius 1 is 1.30 bits per heavy atom. The van der Waals surface area contributed by atoms with Gasteiger partial charge in [0.1, 0.15) is 5.75 Å². The van der Waals surface area contributed by atoms with E-state index in [0.717, 1.165) is 12.0 Å². The van der Waals surface area contributed by atoms with Crippen LogP contribution < -0.4 is 5.32 Å². The van der Waals surface area contributed by atoms with Crippen LogP contribution in [0.1, 0.15) is 35.3 Å². The minimum absolute atomic E-state index is 0.0835. The van der Waals surface area contributed by atoms with Gasteiger partial charge in [0.05, 0.1) is 27.9 Å². The number of phenolic OH excluding ortho intramolecular Hbond substituents is 1. The first kappa shape index (κ1) is 16.9. The molecular formula is C18H17ClN2O2. The Hall–Kier alpha value is -2.51. The van der Waals surface area contributed by atoms with Gasteiger partial charge in [-0.15, -0.1) is 0 Å². The molecule has 0 spiro atoms. The lowest BCUT2D eigenvalue weighted by atomic mass is 10.00. The number of phenols is 1. The predicted molar refractivity (Wildman–Crippen MR) is 90.8 cm³/mol. The molecule has 0 saturated carbocycles. The van der Waals surface area contributed by atoms with Crippen LogP contribution in [0.3, 0.4) is 0 Å². The third kappa shape index (κ3) is 4.24. The molecule has 2 aromatic carbocycles. The van der Waals surface area contributed by atoms with Crippen molar-refractivity contribution in [2.24, 2.45) is 5.92 Å². The number of nitrogens with zero attached hydrogens (tertiary/aromatic N) is 1. The summed E-state index contributed by atoms with van der Waals surface area (Å²) in [6.45, 7) is 4.17. The van der Waals surface area contributed by atoms with E-state index in [9.17, 15) is 9.90 Å². The number of carbonyl (C=O) groups is 1. The molecule has 0 fully saturated rings. The van der Waals surface area contributed by atoms with Gasteiger partial charge in [-0.2, -0.15) is 5.26 Å². The number of aromatic hydroxyl groups is 1. The highest BCUT2D eigenvalue weighted by molar-refractivity contribution is 6.34. The number of anilines is 1. The highest BCUT2D eigenvalue weighted by Crippen LogP contribution is 2.26. The lowest BCUT2D eigenvalue weighted by Crippen LogP contribution is -2.13. The Morgan fingerprint density at radius 2 is 2.04 bits per heavy atom. The highest BCUT2D eigenvalue weighted by Gasteiger charge is 2.14. The minimum Gasteiger partial charge on any atom is -0.507 e. The van der Waals surface area contributed by atoms with Gasteiger partial charge in [-0.05, 0) is 48.2 Å². The van der Waals surface area contributed by atoms with Crippen LogP contribution in [-0.2, 0) is 6.42 Å². The molecule has 0 aromatic heterocycles. The summed E-state index contributed by atoms with van der Waals surface area (Å²) < 4.78 is 0. The number of rotatable bonds is 4. The number of amides is 1. The standard InChI is InChI=1S/C18H17ClN2O2/c1-11(2)7-12-4-6-17(22)14(8-12)18(23)21-16-5-3-13(10-20)9-15(16)19/h3-6,8-9,11,22H,7H2,1-2H3,(H,21,23). The first-order chi connectivity index (χ1) is 10.9. The van der Waals surface area contributed by atoms with Crippen molar-refractivity contribution in [1.82, 2.24) is 0 Å². The lowest BCUT2D eigenvalue weighted by Gasteiger charge is -2.11. The van der Waals surface area contributed by atoms with Gasteiger partial charge in [0.15, 0.2) is 0 Å². The second-order valence-corrected chi connectivity index (χ2v) is 6.12. The molecule has 0 unspecified atom stereocenters. The molecule has 0 aliphatic rings. The van der Waals surface area contributed by atoms with Gasteiger partial charge in [-0.25, -0.2) is 0 Å². The van der Waals surface area contributed by atoms with Crippen LogP contribution >= 0.6 is 11.6 Å². The van der Waals surface area contributed by atoms with Crippen molar-refractivity contribution in [2.45, 2.75) is 20.3 Å². The van der Waals surface area contributed by atoms with Gasteiger partial charge in [0.25, 0.3) is 5.91 Å². The van der Waals surface area contributed by atoms with Crippen molar-refractivity contribution in [2.75, 3.05) is 5.32 Å². The van der Waals surface area contributed by atoms with E-state index in [1.165, 1.54) is 12.1 Å². The lowest BCUT2D eigenvalue weighted by molar-refractivity contribution is 0.102. The van der Waals surface area contributed by atoms with Crippen LogP contribution in [0.2, 0.25) is 5.02 Å². The molecule has 0 saturated heterocycles. The van der Waals surface area contributed by atoms with Crippen molar-refractivity contribution in [3.63, 3.8) is 0 Å². The van der Waals surface area contributed by atoms with Gasteiger partial charge in [0, 0.05) is 0 Å². The fourth-order valence-electron chi connectivity index (χ4n) is 2.24. The van der Waals surface area contributed by atoms with Crippen molar-refractivity contribution >= 4 is 23.2 Å². The Bertz CT molecular complexity index is 779. The normalized spacial score (nSPS) is 10.4. The quantitative estimate of drug-likeness (QED) is 0.875. The second kappa shape index (κ2) is 7.17. The van der Waals surface area contributed by atoms with Gasteiger partial charge < -0.3 is 10.4 Å². The first-order valence-corrected chi connectivity index (χ1v) is 7.61. The summed E-state index contributed by atoms with van der Waals surface area (Å²) in [4.78, 5) is 12.4. The molecule has 0 aliphatic carbocycles. The van der Waals surface area contributed by atoms with Crippen molar-refractivity contribution in [3.05, 3.63) is 58.1 Å². The van der Waals surface area contributed by atoms with E-state index in [2.05, 4.69) is 19.2 Å². The average Bonchev–Trinajstić information content (AvgIpc) is 2.50. The molecule has 2 aromatic rings. The molecule has 0 aliphatic heterocycles. The molecule has 5 heteroatoms. The van der Waals surface area contributed by atoms with Crippen LogP contribution in [0.4, 0.5) is 5.69 Å². The SMILES string of the molecule is CC(C)Cc1ccc(O)c(C(=O)Nc2ccc(C#N)cc2Cl)c1. The molecule has 23 heavy (non-hydrogen) atoms. The van der Waals surface area contributed by atoms with Crippen LogP contribution in [0.25, 0.3) is 0 Å². The summed E-state index contributed by atoms with van der Waals surface area (Å²) in [6, 6.07) is 11.6. The van der Waals surface area contributed by atoms with Crippen molar-refractivity contribution in [1.29, 1.82) is 5.26 Å². The molecule has 0 radical (unpaired) electrons. The van der Waals surface area contributed by atoms with Gasteiger partial charge in [0.2, 0.25) is 0 Å². The zero-order valence-corrected chi connectivity index (χ0v) is 13.7. The summed E-state index contributed by atoms with van der Waals surface area (Å²) in [7, 11) is 0. The van der Waals surface area contributed by atoms with Gasteiger partial charge >= 0.3 is 0 Å². The van der Waals surface area contributed by atoms with E-state index in [-0.39, 0.29) is 16.3 Å². The summed E-state index contributed by atoms with van der Waals surface area (Å²) in [5, 5.41) is 21.7. The third-order valence-corrected chi connectivity index (χ3v) is 3.61. The van der Waals surface area contributed by atoms with E-state index >= 15 is 0 Å². The number of halogens is 1. The van der Waals surface area contributed by atoms with E-state index in [1.54, 1.807) is 24.3 Å². The van der Waals surface area contributed by atoms with Crippen LogP contribution in [0.5, 0.6) is 5.75 Å². The highest BCUT2D eigenvalue weighted by atomic mass is 35.5. The summed E-state index contributed by atoms with van der Waals surface area (Å²) in [6.07, 6.45) is 0.818. The Morgan fingerprint density at radius 3 is 2.65 bits per heavy atom. The smallest absolute Gasteiger partial charge is 0.259 e. The fraction of sp³-hybridized carbons (Fsp3) is 0.222. The zero-order chi connectivity index (χ0) is 17.0. The molecular weight excluding hydrogens is 312 g/mol. The van der Waals surface area contributed by atoms with Crippen molar-refractivity contribution < 1.29 is 9.90 Å². The number of nitrogens with one attached hydrogen (secondary N) is 1. The monoisotopic (exact) mass is 328 g/mol. The predicted octanol–water partition coefficient (Wildman–Crippen LogP) is 4.37. The summed E-state index contributed by atoms with van der Waals surface area (Å²) in [5.74, 6) is -0.0806. The number of hydrogen-bond acceptors (Lipinski definition) is 3. The number of carbonyl (C=O) groups excluding carboxylic acids is 1. The molecule has 118 valence electrons. The average molecular weight is 329 g/mol.